The molecule has 212 valence electrons. The van der Waals surface area contributed by atoms with Gasteiger partial charge in [-0.05, 0) is 31.2 Å². The highest BCUT2D eigenvalue weighted by Gasteiger charge is 2.33. The van der Waals surface area contributed by atoms with Gasteiger partial charge in [-0.15, -0.1) is 0 Å². The van der Waals surface area contributed by atoms with E-state index in [0.29, 0.717) is 0 Å². The van der Waals surface area contributed by atoms with Crippen molar-refractivity contribution in [3.8, 4) is 5.75 Å². The van der Waals surface area contributed by atoms with E-state index in [2.05, 4.69) is 5.32 Å². The number of benzene rings is 2. The summed E-state index contributed by atoms with van der Waals surface area (Å²) >= 11 is 0. The Kier molecular flexibility index (Phi) is 9.54. The summed E-state index contributed by atoms with van der Waals surface area (Å²) in [5.74, 6) is -3.18. The molecule has 3 atom stereocenters. The number of hydrogen-bond acceptors (Lipinski definition) is 5. The number of nitrogens with zero attached hydrogens (tertiary/aromatic N) is 2. The van der Waals surface area contributed by atoms with Gasteiger partial charge in [0.05, 0.1) is 23.3 Å². The lowest BCUT2D eigenvalue weighted by molar-refractivity contribution is -0.150. The number of halogens is 4. The summed E-state index contributed by atoms with van der Waals surface area (Å²) < 4.78 is 63.9. The number of nitrogens with one attached hydrogen (secondary N) is 1. The van der Waals surface area contributed by atoms with Crippen LogP contribution in [-0.2, 0) is 9.53 Å². The van der Waals surface area contributed by atoms with E-state index in [1.807, 2.05) is 6.92 Å². The normalized spacial score (nSPS) is 20.8. The number of fused-ring (bicyclic) bond motifs is 1. The SMILES string of the molecule is CO[C@H]1CN(C)C(=O)c2ccc(NC(=O)CC(F)(F)F)cc2OC[C@@H](C)N(C(=O)c2ccccc2F)C[C@@H]1C. The highest BCUT2D eigenvalue weighted by atomic mass is 19.4. The average molecular weight is 554 g/mol. The predicted molar refractivity (Wildman–Crippen MR) is 135 cm³/mol. The molecular weight excluding hydrogens is 522 g/mol. The van der Waals surface area contributed by atoms with E-state index >= 15 is 0 Å². The third-order valence-corrected chi connectivity index (χ3v) is 6.46. The minimum absolute atomic E-state index is 0.000815. The molecule has 3 rings (SSSR count). The molecule has 0 unspecified atom stereocenters. The van der Waals surface area contributed by atoms with E-state index in [0.717, 1.165) is 0 Å². The minimum atomic E-state index is -4.69. The molecule has 0 fully saturated rings. The molecule has 1 heterocycles. The highest BCUT2D eigenvalue weighted by Crippen LogP contribution is 2.28. The number of hydrogen-bond donors (Lipinski definition) is 1. The first-order valence-corrected chi connectivity index (χ1v) is 12.3. The zero-order valence-corrected chi connectivity index (χ0v) is 22.0. The molecule has 1 aliphatic rings. The summed E-state index contributed by atoms with van der Waals surface area (Å²) in [5.41, 5.74) is -0.00516. The molecule has 3 amide bonds. The maximum atomic E-state index is 14.5. The second kappa shape index (κ2) is 12.5. The number of alkyl halides is 3. The summed E-state index contributed by atoms with van der Waals surface area (Å²) in [5, 5.41) is 2.16. The summed E-state index contributed by atoms with van der Waals surface area (Å²) in [6.45, 7) is 3.74. The Labute approximate surface area is 223 Å². The lowest BCUT2D eigenvalue weighted by Crippen LogP contribution is -2.48. The first kappa shape index (κ1) is 29.9. The molecule has 12 heteroatoms. The van der Waals surface area contributed by atoms with Crippen LogP contribution in [0.25, 0.3) is 0 Å². The van der Waals surface area contributed by atoms with Crippen molar-refractivity contribution in [3.63, 3.8) is 0 Å². The molecule has 0 saturated carbocycles. The molecule has 2 aromatic carbocycles. The van der Waals surface area contributed by atoms with Crippen LogP contribution in [0.15, 0.2) is 42.5 Å². The Morgan fingerprint density at radius 1 is 1.13 bits per heavy atom. The molecular formula is C27H31F4N3O5. The van der Waals surface area contributed by atoms with Crippen LogP contribution >= 0.6 is 0 Å². The van der Waals surface area contributed by atoms with Crippen LogP contribution in [0.3, 0.4) is 0 Å². The number of amides is 3. The zero-order chi connectivity index (χ0) is 28.9. The Hall–Kier alpha value is -3.67. The van der Waals surface area contributed by atoms with Gasteiger partial charge in [-0.25, -0.2) is 4.39 Å². The van der Waals surface area contributed by atoms with Gasteiger partial charge >= 0.3 is 6.18 Å². The van der Waals surface area contributed by atoms with Crippen molar-refractivity contribution in [2.24, 2.45) is 5.92 Å². The van der Waals surface area contributed by atoms with E-state index in [9.17, 15) is 31.9 Å². The average Bonchev–Trinajstić information content (AvgIpc) is 2.86. The van der Waals surface area contributed by atoms with Crippen LogP contribution in [0.2, 0.25) is 0 Å². The Bertz CT molecular complexity index is 1210. The fourth-order valence-electron chi connectivity index (χ4n) is 4.31. The molecule has 0 aliphatic carbocycles. The monoisotopic (exact) mass is 553 g/mol. The number of carbonyl (C=O) groups excluding carboxylic acids is 3. The van der Waals surface area contributed by atoms with E-state index in [4.69, 9.17) is 9.47 Å². The van der Waals surface area contributed by atoms with Gasteiger partial charge in [0.1, 0.15) is 24.6 Å². The van der Waals surface area contributed by atoms with Gasteiger partial charge in [-0.2, -0.15) is 13.2 Å². The summed E-state index contributed by atoms with van der Waals surface area (Å²) in [7, 11) is 3.05. The van der Waals surface area contributed by atoms with Crippen LogP contribution in [0.5, 0.6) is 5.75 Å². The summed E-state index contributed by atoms with van der Waals surface area (Å²) in [6, 6.07) is 8.92. The van der Waals surface area contributed by atoms with Gasteiger partial charge in [-0.3, -0.25) is 14.4 Å². The molecule has 0 aromatic heterocycles. The Balaban J connectivity index is 1.98. The fourth-order valence-corrected chi connectivity index (χ4v) is 4.31. The maximum Gasteiger partial charge on any atom is 0.397 e. The van der Waals surface area contributed by atoms with Gasteiger partial charge in [0.15, 0.2) is 0 Å². The van der Waals surface area contributed by atoms with Gasteiger partial charge in [0.25, 0.3) is 11.8 Å². The van der Waals surface area contributed by atoms with Crippen LogP contribution in [-0.4, -0.2) is 79.7 Å². The van der Waals surface area contributed by atoms with Gasteiger partial charge in [-0.1, -0.05) is 19.1 Å². The number of likely N-dealkylation sites (N-methyl/N-ethyl adjacent to an activating group) is 1. The first-order chi connectivity index (χ1) is 18.3. The van der Waals surface area contributed by atoms with Crippen molar-refractivity contribution < 1.29 is 41.4 Å². The van der Waals surface area contributed by atoms with Crippen LogP contribution in [0, 0.1) is 11.7 Å². The largest absolute Gasteiger partial charge is 0.491 e. The Morgan fingerprint density at radius 2 is 1.82 bits per heavy atom. The van der Waals surface area contributed by atoms with E-state index in [-0.39, 0.29) is 48.2 Å². The van der Waals surface area contributed by atoms with Crippen molar-refractivity contribution in [1.82, 2.24) is 9.80 Å². The zero-order valence-electron chi connectivity index (χ0n) is 22.0. The Morgan fingerprint density at radius 3 is 2.46 bits per heavy atom. The molecule has 1 N–H and O–H groups in total. The van der Waals surface area contributed by atoms with Gasteiger partial charge in [0.2, 0.25) is 5.91 Å². The number of anilines is 1. The molecule has 0 radical (unpaired) electrons. The van der Waals surface area contributed by atoms with E-state index in [1.165, 1.54) is 53.3 Å². The number of methoxy groups -OCH3 is 1. The number of carbonyl (C=O) groups is 3. The van der Waals surface area contributed by atoms with Crippen LogP contribution in [0.1, 0.15) is 41.0 Å². The molecule has 1 aliphatic heterocycles. The van der Waals surface area contributed by atoms with Gasteiger partial charge < -0.3 is 24.6 Å². The first-order valence-electron chi connectivity index (χ1n) is 12.3. The molecule has 0 saturated heterocycles. The topological polar surface area (TPSA) is 88.2 Å². The molecule has 39 heavy (non-hydrogen) atoms. The molecule has 0 spiro atoms. The number of rotatable bonds is 4. The second-order valence-corrected chi connectivity index (χ2v) is 9.59. The minimum Gasteiger partial charge on any atom is -0.491 e. The van der Waals surface area contributed by atoms with Crippen molar-refractivity contribution in [2.75, 3.05) is 39.2 Å². The quantitative estimate of drug-likeness (QED) is 0.569. The number of ether oxygens (including phenoxy) is 2. The van der Waals surface area contributed by atoms with Crippen molar-refractivity contribution in [1.29, 1.82) is 0 Å². The predicted octanol–water partition coefficient (Wildman–Crippen LogP) is 4.36. The lowest BCUT2D eigenvalue weighted by atomic mass is 10.0. The van der Waals surface area contributed by atoms with Crippen molar-refractivity contribution in [3.05, 3.63) is 59.4 Å². The maximum absolute atomic E-state index is 14.5. The van der Waals surface area contributed by atoms with E-state index < -0.39 is 48.3 Å². The smallest absolute Gasteiger partial charge is 0.397 e. The summed E-state index contributed by atoms with van der Waals surface area (Å²) in [6.07, 6.45) is -6.84. The highest BCUT2D eigenvalue weighted by molar-refractivity contribution is 5.98. The molecule has 2 aromatic rings. The fraction of sp³-hybridized carbons (Fsp3) is 0.444. The second-order valence-electron chi connectivity index (χ2n) is 9.59. The van der Waals surface area contributed by atoms with Crippen LogP contribution in [0.4, 0.5) is 23.2 Å². The van der Waals surface area contributed by atoms with Crippen molar-refractivity contribution >= 4 is 23.4 Å². The molecule has 8 nitrogen and oxygen atoms in total. The summed E-state index contributed by atoms with van der Waals surface area (Å²) in [4.78, 5) is 41.4. The van der Waals surface area contributed by atoms with E-state index in [1.54, 1.807) is 20.0 Å². The molecule has 0 bridgehead atoms. The lowest BCUT2D eigenvalue weighted by Gasteiger charge is -2.36. The van der Waals surface area contributed by atoms with Crippen LogP contribution < -0.4 is 10.1 Å². The van der Waals surface area contributed by atoms with Crippen molar-refractivity contribution in [2.45, 2.75) is 38.6 Å². The third kappa shape index (κ3) is 7.69. The standard InChI is InChI=1S/C27H31F4N3O5/c1-16-13-34(26(37)19-7-5-6-8-21(19)28)17(2)15-39-22-11-18(32-24(35)12-27(29,30)31)9-10-20(22)25(36)33(3)14-23(16)38-4/h5-11,16-17,23H,12-15H2,1-4H3,(H,32,35)/t16-,17+,23-/m0/s1. The third-order valence-electron chi connectivity index (χ3n) is 6.46. The van der Waals surface area contributed by atoms with Gasteiger partial charge in [0, 0.05) is 44.9 Å².